The van der Waals surface area contributed by atoms with Crippen LogP contribution in [0.3, 0.4) is 0 Å². The van der Waals surface area contributed by atoms with Gasteiger partial charge < -0.3 is 19.9 Å². The number of ether oxygens (including phenoxy) is 2. The van der Waals surface area contributed by atoms with Crippen LogP contribution < -0.4 is 10.1 Å². The molecule has 2 aliphatic rings. The summed E-state index contributed by atoms with van der Waals surface area (Å²) in [6, 6.07) is 5.34. The molecule has 1 amide bonds. The summed E-state index contributed by atoms with van der Waals surface area (Å²) in [5.41, 5.74) is -0.730. The molecule has 0 saturated heterocycles. The number of hydrogen-bond acceptors (Lipinski definition) is 6. The Bertz CT molecular complexity index is 976. The van der Waals surface area contributed by atoms with Crippen molar-refractivity contribution in [1.82, 2.24) is 5.32 Å². The molecule has 0 heterocycles. The van der Waals surface area contributed by atoms with Crippen LogP contribution >= 0.6 is 11.6 Å². The van der Waals surface area contributed by atoms with E-state index < -0.39 is 39.5 Å². The van der Waals surface area contributed by atoms with Gasteiger partial charge in [-0.15, -0.1) is 0 Å². The number of amides is 1. The van der Waals surface area contributed by atoms with Gasteiger partial charge in [0.15, 0.2) is 16.4 Å². The molecule has 1 aromatic rings. The minimum atomic E-state index is -4.48. The molecular weight excluding hydrogens is 477 g/mol. The predicted molar refractivity (Wildman–Crippen MR) is 107 cm³/mol. The Hall–Kier alpha value is -2.23. The Labute approximate surface area is 188 Å². The second-order valence-corrected chi connectivity index (χ2v) is 10.1. The number of methoxy groups -OCH3 is 1. The summed E-state index contributed by atoms with van der Waals surface area (Å²) < 4.78 is 71.2. The van der Waals surface area contributed by atoms with E-state index in [2.05, 4.69) is 10.1 Å². The molecule has 32 heavy (non-hydrogen) atoms. The van der Waals surface area contributed by atoms with Crippen molar-refractivity contribution < 1.29 is 41.0 Å². The molecule has 2 saturated carbocycles. The molecule has 0 unspecified atom stereocenters. The molecule has 2 atom stereocenters. The highest BCUT2D eigenvalue weighted by Gasteiger charge is 2.44. The number of halogens is 4. The molecule has 0 bridgehead atoms. The zero-order valence-electron chi connectivity index (χ0n) is 17.0. The van der Waals surface area contributed by atoms with Gasteiger partial charge in [0.25, 0.3) is 0 Å². The third-order valence-corrected chi connectivity index (χ3v) is 7.73. The van der Waals surface area contributed by atoms with Crippen LogP contribution in [0.15, 0.2) is 23.1 Å². The van der Waals surface area contributed by atoms with Gasteiger partial charge in [0.2, 0.25) is 0 Å². The highest BCUT2D eigenvalue weighted by atomic mass is 35.5. The van der Waals surface area contributed by atoms with Gasteiger partial charge in [0.05, 0.1) is 27.3 Å². The lowest BCUT2D eigenvalue weighted by Crippen LogP contribution is -2.33. The van der Waals surface area contributed by atoms with E-state index in [4.69, 9.17) is 26.7 Å². The van der Waals surface area contributed by atoms with E-state index in [1.54, 1.807) is 0 Å². The van der Waals surface area contributed by atoms with Crippen LogP contribution in [0.2, 0.25) is 5.02 Å². The van der Waals surface area contributed by atoms with E-state index in [1.165, 1.54) is 19.2 Å². The summed E-state index contributed by atoms with van der Waals surface area (Å²) in [7, 11) is -2.14. The van der Waals surface area contributed by atoms with E-state index in [0.29, 0.717) is 32.1 Å². The number of hydrogen-bond donors (Lipinski definition) is 2. The van der Waals surface area contributed by atoms with Crippen molar-refractivity contribution in [2.45, 2.75) is 60.1 Å². The molecule has 0 aromatic heterocycles. The smallest absolute Gasteiger partial charge is 0.422 e. The van der Waals surface area contributed by atoms with Gasteiger partial charge in [-0.05, 0) is 44.2 Å². The third-order valence-electron chi connectivity index (χ3n) is 5.03. The average molecular weight is 499 g/mol. The first-order chi connectivity index (χ1) is 14.8. The Morgan fingerprint density at radius 2 is 2.03 bits per heavy atom. The van der Waals surface area contributed by atoms with Crippen LogP contribution in [0.4, 0.5) is 18.0 Å². The fourth-order valence-electron chi connectivity index (χ4n) is 3.14. The topological polar surface area (TPSA) is 126 Å². The molecule has 1 aromatic carbocycles. The van der Waals surface area contributed by atoms with Crippen molar-refractivity contribution >= 4 is 27.5 Å². The zero-order valence-corrected chi connectivity index (χ0v) is 18.6. The second kappa shape index (κ2) is 10.1. The van der Waals surface area contributed by atoms with Crippen LogP contribution in [-0.2, 0) is 14.6 Å². The number of carbonyl (C=O) groups is 1. The van der Waals surface area contributed by atoms with Gasteiger partial charge in [-0.2, -0.15) is 18.4 Å². The molecule has 0 spiro atoms. The van der Waals surface area contributed by atoms with Crippen LogP contribution in [0.25, 0.3) is 0 Å². The van der Waals surface area contributed by atoms with Gasteiger partial charge in [-0.3, -0.25) is 0 Å². The summed E-state index contributed by atoms with van der Waals surface area (Å²) in [6.07, 6.45) is -2.92. The number of sulfone groups is 1. The predicted octanol–water partition coefficient (Wildman–Crippen LogP) is 3.93. The molecule has 13 heteroatoms. The lowest BCUT2D eigenvalue weighted by atomic mass is 10.3. The quantitative estimate of drug-likeness (QED) is 0.608. The molecule has 0 aliphatic heterocycles. The normalized spacial score (nSPS) is 21.6. The number of benzene rings is 1. The van der Waals surface area contributed by atoms with Gasteiger partial charge in [-0.1, -0.05) is 11.6 Å². The van der Waals surface area contributed by atoms with Gasteiger partial charge in [0, 0.05) is 13.2 Å². The third kappa shape index (κ3) is 7.15. The number of carboxylic acid groups (broad SMARTS) is 1. The molecule has 8 nitrogen and oxygen atoms in total. The Kier molecular flexibility index (Phi) is 8.25. The SMILES string of the molecule is CO[C@@H]1CC[C@@H](S(=O)(=O)c2ccc(OCC(F)(F)F)cc2Cl)C1.N#CC1(NC(=O)O)CC1. The summed E-state index contributed by atoms with van der Waals surface area (Å²) in [5.74, 6) is -0.132. The number of rotatable bonds is 6. The maximum Gasteiger partial charge on any atom is 0.422 e. The monoisotopic (exact) mass is 498 g/mol. The maximum atomic E-state index is 12.6. The number of alkyl halides is 3. The molecule has 0 radical (unpaired) electrons. The Morgan fingerprint density at radius 1 is 1.38 bits per heavy atom. The minimum Gasteiger partial charge on any atom is -0.484 e. The van der Waals surface area contributed by atoms with Crippen LogP contribution in [0.1, 0.15) is 32.1 Å². The fourth-order valence-corrected chi connectivity index (χ4v) is 5.49. The second-order valence-electron chi connectivity index (χ2n) is 7.46. The van der Waals surface area contributed by atoms with Crippen LogP contribution in [0, 0.1) is 11.3 Å². The summed E-state index contributed by atoms with van der Waals surface area (Å²) in [5, 5.41) is 17.9. The lowest BCUT2D eigenvalue weighted by molar-refractivity contribution is -0.153. The number of nitrogens with one attached hydrogen (secondary N) is 1. The van der Waals surface area contributed by atoms with Crippen LogP contribution in [0.5, 0.6) is 5.75 Å². The van der Waals surface area contributed by atoms with Crippen molar-refractivity contribution in [3.05, 3.63) is 23.2 Å². The lowest BCUT2D eigenvalue weighted by Gasteiger charge is -2.15. The van der Waals surface area contributed by atoms with Gasteiger partial charge >= 0.3 is 12.3 Å². The zero-order chi connectivity index (χ0) is 24.2. The van der Waals surface area contributed by atoms with E-state index >= 15 is 0 Å². The fraction of sp³-hybridized carbons (Fsp3) is 0.579. The van der Waals surface area contributed by atoms with Crippen molar-refractivity contribution in [3.63, 3.8) is 0 Å². The van der Waals surface area contributed by atoms with E-state index in [-0.39, 0.29) is 21.8 Å². The molecule has 178 valence electrons. The standard InChI is InChI=1S/C14H16ClF3O4S.C5H6N2O2/c1-21-9-2-4-11(6-9)23(19,20)13-5-3-10(7-12(13)15)22-8-14(16,17)18;6-3-5(1-2-5)7-4(8)9/h3,5,7,9,11H,2,4,6,8H2,1H3;7H,1-2H2,(H,8,9)/t9-,11-;/m1./s1. The highest BCUT2D eigenvalue weighted by molar-refractivity contribution is 7.92. The highest BCUT2D eigenvalue weighted by Crippen LogP contribution is 2.36. The average Bonchev–Trinajstić information content (AvgIpc) is 3.28. The van der Waals surface area contributed by atoms with Crippen molar-refractivity contribution in [2.75, 3.05) is 13.7 Å². The first-order valence-corrected chi connectivity index (χ1v) is 11.4. The first-order valence-electron chi connectivity index (χ1n) is 9.50. The van der Waals surface area contributed by atoms with E-state index in [9.17, 15) is 26.4 Å². The van der Waals surface area contributed by atoms with Gasteiger partial charge in [0.1, 0.15) is 11.3 Å². The van der Waals surface area contributed by atoms with Crippen molar-refractivity contribution in [3.8, 4) is 11.8 Å². The molecular formula is C19H22ClF3N2O6S. The number of nitrogens with zero attached hydrogens (tertiary/aromatic N) is 1. The van der Waals surface area contributed by atoms with E-state index in [0.717, 1.165) is 6.07 Å². The molecule has 3 rings (SSSR count). The number of nitriles is 1. The summed E-state index contributed by atoms with van der Waals surface area (Å²) >= 11 is 5.94. The molecule has 2 N–H and O–H groups in total. The summed E-state index contributed by atoms with van der Waals surface area (Å²) in [4.78, 5) is 9.85. The molecule has 2 fully saturated rings. The van der Waals surface area contributed by atoms with Crippen molar-refractivity contribution in [2.24, 2.45) is 0 Å². The maximum absolute atomic E-state index is 12.6. The van der Waals surface area contributed by atoms with Crippen molar-refractivity contribution in [1.29, 1.82) is 5.26 Å². The molecule has 2 aliphatic carbocycles. The first kappa shape index (κ1) is 26.0. The van der Waals surface area contributed by atoms with Crippen LogP contribution in [-0.4, -0.2) is 56.4 Å². The Morgan fingerprint density at radius 3 is 2.44 bits per heavy atom. The van der Waals surface area contributed by atoms with E-state index in [1.807, 2.05) is 6.07 Å². The Balaban J connectivity index is 0.000000336. The largest absolute Gasteiger partial charge is 0.484 e. The van der Waals surface area contributed by atoms with Gasteiger partial charge in [-0.25, -0.2) is 13.2 Å². The summed E-state index contributed by atoms with van der Waals surface area (Å²) in [6.45, 7) is -1.46. The minimum absolute atomic E-state index is 0.0970.